The molecule has 1 unspecified atom stereocenters. The molecule has 2 aliphatic rings. The van der Waals surface area contributed by atoms with Gasteiger partial charge in [0.25, 0.3) is 0 Å². The van der Waals surface area contributed by atoms with Crippen LogP contribution >= 0.6 is 0 Å². The lowest BCUT2D eigenvalue weighted by molar-refractivity contribution is -0.214. The Labute approximate surface area is 87.1 Å². The van der Waals surface area contributed by atoms with Gasteiger partial charge in [-0.25, -0.2) is 0 Å². The van der Waals surface area contributed by atoms with E-state index in [9.17, 15) is 13.2 Å². The van der Waals surface area contributed by atoms with Gasteiger partial charge in [-0.3, -0.25) is 4.90 Å². The number of β-amino-alcohol motifs (C(OH)–C–C–N with tert-alkyl or cyclic N) is 1. The quantitative estimate of drug-likeness (QED) is 0.771. The molecule has 15 heavy (non-hydrogen) atoms. The Morgan fingerprint density at radius 1 is 1.20 bits per heavy atom. The van der Waals surface area contributed by atoms with Gasteiger partial charge < -0.3 is 5.11 Å². The SMILES string of the molecule is OC(CN1CC2(CCCC2)C1)C(F)(F)F. The number of likely N-dealkylation sites (tertiary alicyclic amines) is 1. The van der Waals surface area contributed by atoms with Crippen LogP contribution in [0.1, 0.15) is 25.7 Å². The lowest BCUT2D eigenvalue weighted by atomic mass is 9.78. The van der Waals surface area contributed by atoms with Crippen LogP contribution in [-0.4, -0.2) is 41.9 Å². The third kappa shape index (κ3) is 2.28. The molecule has 1 atom stereocenters. The molecule has 1 heterocycles. The molecule has 0 bridgehead atoms. The molecular formula is C10H16F3NO. The predicted octanol–water partition coefficient (Wildman–Crippen LogP) is 1.79. The first-order chi connectivity index (χ1) is 6.91. The molecule has 0 aromatic carbocycles. The third-order valence-electron chi connectivity index (χ3n) is 3.59. The summed E-state index contributed by atoms with van der Waals surface area (Å²) in [6.07, 6.45) is -1.96. The Balaban J connectivity index is 1.76. The standard InChI is InChI=1S/C10H16F3NO/c11-10(12,13)8(15)5-14-6-9(7-14)3-1-2-4-9/h8,15H,1-7H2. The predicted molar refractivity (Wildman–Crippen MR) is 49.4 cm³/mol. The van der Waals surface area contributed by atoms with Crippen LogP contribution < -0.4 is 0 Å². The van der Waals surface area contributed by atoms with Crippen molar-refractivity contribution in [1.82, 2.24) is 4.90 Å². The average Bonchev–Trinajstić information content (AvgIpc) is 2.50. The molecule has 1 aliphatic heterocycles. The summed E-state index contributed by atoms with van der Waals surface area (Å²) in [6.45, 7) is 1.21. The summed E-state index contributed by atoms with van der Waals surface area (Å²) in [5.41, 5.74) is 0.297. The van der Waals surface area contributed by atoms with Crippen molar-refractivity contribution in [3.63, 3.8) is 0 Å². The normalized spacial score (nSPS) is 28.0. The van der Waals surface area contributed by atoms with Crippen molar-refractivity contribution in [1.29, 1.82) is 0 Å². The number of hydrogen-bond acceptors (Lipinski definition) is 2. The molecule has 2 nitrogen and oxygen atoms in total. The van der Waals surface area contributed by atoms with E-state index in [2.05, 4.69) is 0 Å². The van der Waals surface area contributed by atoms with Gasteiger partial charge in [0.15, 0.2) is 6.10 Å². The smallest absolute Gasteiger partial charge is 0.382 e. The van der Waals surface area contributed by atoms with Crippen LogP contribution in [0.25, 0.3) is 0 Å². The van der Waals surface area contributed by atoms with Crippen LogP contribution in [-0.2, 0) is 0 Å². The van der Waals surface area contributed by atoms with E-state index in [0.29, 0.717) is 5.41 Å². The number of aliphatic hydroxyl groups is 1. The minimum Gasteiger partial charge on any atom is -0.382 e. The first-order valence-electron chi connectivity index (χ1n) is 5.38. The summed E-state index contributed by atoms with van der Waals surface area (Å²) in [5.74, 6) is 0. The number of nitrogens with zero attached hydrogens (tertiary/aromatic N) is 1. The lowest BCUT2D eigenvalue weighted by Gasteiger charge is -2.49. The second-order valence-corrected chi connectivity index (χ2v) is 4.93. The molecule has 1 saturated carbocycles. The van der Waals surface area contributed by atoms with Crippen molar-refractivity contribution in [2.75, 3.05) is 19.6 Å². The van der Waals surface area contributed by atoms with Crippen molar-refractivity contribution in [2.24, 2.45) is 5.41 Å². The fraction of sp³-hybridized carbons (Fsp3) is 1.00. The van der Waals surface area contributed by atoms with E-state index in [1.54, 1.807) is 4.90 Å². The van der Waals surface area contributed by atoms with Gasteiger partial charge in [-0.05, 0) is 18.3 Å². The van der Waals surface area contributed by atoms with Gasteiger partial charge in [0.1, 0.15) is 0 Å². The van der Waals surface area contributed by atoms with Crippen molar-refractivity contribution < 1.29 is 18.3 Å². The third-order valence-corrected chi connectivity index (χ3v) is 3.59. The van der Waals surface area contributed by atoms with Crippen LogP contribution in [0.4, 0.5) is 13.2 Å². The topological polar surface area (TPSA) is 23.5 Å². The summed E-state index contributed by atoms with van der Waals surface area (Å²) in [4.78, 5) is 1.71. The van der Waals surface area contributed by atoms with Gasteiger partial charge in [-0.15, -0.1) is 0 Å². The van der Waals surface area contributed by atoms with Gasteiger partial charge in [0.05, 0.1) is 0 Å². The van der Waals surface area contributed by atoms with E-state index in [-0.39, 0.29) is 6.54 Å². The fourth-order valence-corrected chi connectivity index (χ4v) is 2.82. The Morgan fingerprint density at radius 3 is 2.20 bits per heavy atom. The molecule has 88 valence electrons. The van der Waals surface area contributed by atoms with E-state index in [1.807, 2.05) is 0 Å². The summed E-state index contributed by atoms with van der Waals surface area (Å²) >= 11 is 0. The minimum absolute atomic E-state index is 0.259. The summed E-state index contributed by atoms with van der Waals surface area (Å²) in [5, 5.41) is 8.89. The molecule has 0 radical (unpaired) electrons. The monoisotopic (exact) mass is 223 g/mol. The molecular weight excluding hydrogens is 207 g/mol. The zero-order chi connectivity index (χ0) is 11.1. The second kappa shape index (κ2) is 3.63. The first kappa shape index (κ1) is 11.2. The van der Waals surface area contributed by atoms with Crippen LogP contribution in [0.5, 0.6) is 0 Å². The molecule has 0 aromatic rings. The van der Waals surface area contributed by atoms with Crippen LogP contribution in [0.3, 0.4) is 0 Å². The molecule has 2 rings (SSSR count). The highest BCUT2D eigenvalue weighted by molar-refractivity contribution is 4.98. The Morgan fingerprint density at radius 2 is 1.73 bits per heavy atom. The molecule has 1 aliphatic carbocycles. The minimum atomic E-state index is -4.47. The number of hydrogen-bond donors (Lipinski definition) is 1. The Bertz CT molecular complexity index is 227. The van der Waals surface area contributed by atoms with E-state index in [1.165, 1.54) is 12.8 Å². The molecule has 2 fully saturated rings. The second-order valence-electron chi connectivity index (χ2n) is 4.93. The number of aliphatic hydroxyl groups excluding tert-OH is 1. The molecule has 1 spiro atoms. The molecule has 5 heteroatoms. The summed E-state index contributed by atoms with van der Waals surface area (Å²) < 4.78 is 36.2. The van der Waals surface area contributed by atoms with Crippen LogP contribution in [0.15, 0.2) is 0 Å². The van der Waals surface area contributed by atoms with Gasteiger partial charge >= 0.3 is 6.18 Å². The maximum atomic E-state index is 12.1. The molecule has 0 amide bonds. The van der Waals surface area contributed by atoms with E-state index in [0.717, 1.165) is 25.9 Å². The van der Waals surface area contributed by atoms with Gasteiger partial charge in [-0.1, -0.05) is 12.8 Å². The van der Waals surface area contributed by atoms with Gasteiger partial charge in [0, 0.05) is 19.6 Å². The highest BCUT2D eigenvalue weighted by atomic mass is 19.4. The Hall–Kier alpha value is -0.290. The van der Waals surface area contributed by atoms with E-state index >= 15 is 0 Å². The zero-order valence-electron chi connectivity index (χ0n) is 8.56. The number of halogens is 3. The summed E-state index contributed by atoms with van der Waals surface area (Å²) in [6, 6.07) is 0. The highest BCUT2D eigenvalue weighted by Crippen LogP contribution is 2.45. The van der Waals surface area contributed by atoms with Crippen molar-refractivity contribution >= 4 is 0 Å². The van der Waals surface area contributed by atoms with E-state index in [4.69, 9.17) is 5.11 Å². The van der Waals surface area contributed by atoms with Crippen molar-refractivity contribution in [2.45, 2.75) is 38.0 Å². The maximum absolute atomic E-state index is 12.1. The van der Waals surface area contributed by atoms with Crippen molar-refractivity contribution in [3.05, 3.63) is 0 Å². The maximum Gasteiger partial charge on any atom is 0.415 e. The van der Waals surface area contributed by atoms with E-state index < -0.39 is 12.3 Å². The first-order valence-corrected chi connectivity index (χ1v) is 5.38. The van der Waals surface area contributed by atoms with Crippen molar-refractivity contribution in [3.8, 4) is 0 Å². The van der Waals surface area contributed by atoms with Gasteiger partial charge in [-0.2, -0.15) is 13.2 Å². The molecule has 0 aromatic heterocycles. The summed E-state index contributed by atoms with van der Waals surface area (Å²) in [7, 11) is 0. The Kier molecular flexibility index (Phi) is 2.71. The molecule has 1 saturated heterocycles. The van der Waals surface area contributed by atoms with Gasteiger partial charge in [0.2, 0.25) is 0 Å². The number of rotatable bonds is 2. The largest absolute Gasteiger partial charge is 0.415 e. The highest BCUT2D eigenvalue weighted by Gasteiger charge is 2.47. The zero-order valence-corrected chi connectivity index (χ0v) is 8.56. The van der Waals surface area contributed by atoms with Crippen LogP contribution in [0, 0.1) is 5.41 Å². The lowest BCUT2D eigenvalue weighted by Crippen LogP contribution is -2.58. The molecule has 1 N–H and O–H groups in total. The number of alkyl halides is 3. The van der Waals surface area contributed by atoms with Crippen LogP contribution in [0.2, 0.25) is 0 Å². The average molecular weight is 223 g/mol. The fourth-order valence-electron chi connectivity index (χ4n) is 2.82.